The monoisotopic (exact) mass is 399 g/mol. The average Bonchev–Trinajstić information content (AvgIpc) is 2.68. The van der Waals surface area contributed by atoms with E-state index in [9.17, 15) is 14.5 Å². The van der Waals surface area contributed by atoms with Gasteiger partial charge in [-0.15, -0.1) is 0 Å². The summed E-state index contributed by atoms with van der Waals surface area (Å²) in [4.78, 5) is 19.2. The fourth-order valence-electron chi connectivity index (χ4n) is 2.34. The Morgan fingerprint density at radius 2 is 1.86 bits per heavy atom. The van der Waals surface area contributed by atoms with Crippen LogP contribution in [0.1, 0.15) is 31.0 Å². The summed E-state index contributed by atoms with van der Waals surface area (Å²) in [5, 5.41) is 11.2. The molecule has 1 aromatic heterocycles. The van der Waals surface area contributed by atoms with Gasteiger partial charge in [0, 0.05) is 24.0 Å². The minimum Gasteiger partial charge on any atom is -0.436 e. The van der Waals surface area contributed by atoms with E-state index in [2.05, 4.69) is 9.97 Å². The van der Waals surface area contributed by atoms with Crippen molar-refractivity contribution in [1.29, 1.82) is 0 Å². The molecule has 0 bridgehead atoms. The molecule has 0 N–H and O–H groups in total. The first kappa shape index (κ1) is 19.8. The van der Waals surface area contributed by atoms with Crippen LogP contribution in [0.5, 0.6) is 11.6 Å². The highest BCUT2D eigenvalue weighted by Crippen LogP contribution is 2.29. The summed E-state index contributed by atoms with van der Waals surface area (Å²) in [7, 11) is 0. The first-order valence-corrected chi connectivity index (χ1v) is 9.58. The van der Waals surface area contributed by atoms with Crippen LogP contribution in [-0.4, -0.2) is 14.9 Å². The van der Waals surface area contributed by atoms with Crippen LogP contribution >= 0.6 is 11.8 Å². The lowest BCUT2D eigenvalue weighted by Crippen LogP contribution is -2.00. The van der Waals surface area contributed by atoms with E-state index >= 15 is 0 Å². The Morgan fingerprint density at radius 1 is 1.14 bits per heavy atom. The van der Waals surface area contributed by atoms with E-state index in [-0.39, 0.29) is 23.2 Å². The Bertz CT molecular complexity index is 981. The number of thioether (sulfide) groups is 1. The second kappa shape index (κ2) is 8.79. The Morgan fingerprint density at radius 3 is 2.50 bits per heavy atom. The SMILES string of the molecule is CC(C)c1cc(Oc2ccccc2F)nc(SCc2ccc([N+](=O)[O-])cc2)n1. The van der Waals surface area contributed by atoms with Crippen LogP contribution in [-0.2, 0) is 5.75 Å². The molecule has 0 aliphatic rings. The van der Waals surface area contributed by atoms with E-state index in [1.54, 1.807) is 30.3 Å². The Kier molecular flexibility index (Phi) is 6.20. The summed E-state index contributed by atoms with van der Waals surface area (Å²) in [6.45, 7) is 4.00. The number of aromatic nitrogens is 2. The topological polar surface area (TPSA) is 78.2 Å². The van der Waals surface area contributed by atoms with Crippen LogP contribution in [0.3, 0.4) is 0 Å². The molecule has 0 saturated heterocycles. The predicted molar refractivity (Wildman–Crippen MR) is 105 cm³/mol. The van der Waals surface area contributed by atoms with E-state index in [0.29, 0.717) is 10.9 Å². The molecule has 0 spiro atoms. The van der Waals surface area contributed by atoms with Gasteiger partial charge in [0.25, 0.3) is 5.69 Å². The molecular weight excluding hydrogens is 381 g/mol. The van der Waals surface area contributed by atoms with Crippen molar-refractivity contribution < 1.29 is 14.1 Å². The lowest BCUT2D eigenvalue weighted by molar-refractivity contribution is -0.384. The fourth-order valence-corrected chi connectivity index (χ4v) is 3.15. The average molecular weight is 399 g/mol. The van der Waals surface area contributed by atoms with Crippen LogP contribution in [0.4, 0.5) is 10.1 Å². The third kappa shape index (κ3) is 5.04. The quantitative estimate of drug-likeness (QED) is 0.218. The van der Waals surface area contributed by atoms with Gasteiger partial charge < -0.3 is 4.74 Å². The highest BCUT2D eigenvalue weighted by atomic mass is 32.2. The maximum atomic E-state index is 13.9. The molecule has 28 heavy (non-hydrogen) atoms. The number of para-hydroxylation sites is 1. The summed E-state index contributed by atoms with van der Waals surface area (Å²) < 4.78 is 19.5. The molecule has 1 heterocycles. The van der Waals surface area contributed by atoms with Gasteiger partial charge in [0.1, 0.15) is 0 Å². The number of non-ortho nitro benzene ring substituents is 1. The van der Waals surface area contributed by atoms with Gasteiger partial charge in [-0.3, -0.25) is 10.1 Å². The Hall–Kier alpha value is -3.00. The molecule has 3 aromatic rings. The van der Waals surface area contributed by atoms with Gasteiger partial charge in [0.15, 0.2) is 16.7 Å². The first-order chi connectivity index (χ1) is 13.4. The van der Waals surface area contributed by atoms with Crippen LogP contribution in [0.25, 0.3) is 0 Å². The molecule has 0 radical (unpaired) electrons. The van der Waals surface area contributed by atoms with Crippen molar-refractivity contribution in [3.8, 4) is 11.6 Å². The van der Waals surface area contributed by atoms with Crippen molar-refractivity contribution in [1.82, 2.24) is 9.97 Å². The Balaban J connectivity index is 1.79. The van der Waals surface area contributed by atoms with Gasteiger partial charge in [-0.05, 0) is 23.6 Å². The third-order valence-electron chi connectivity index (χ3n) is 3.86. The fraction of sp³-hybridized carbons (Fsp3) is 0.200. The van der Waals surface area contributed by atoms with Crippen molar-refractivity contribution in [3.05, 3.63) is 81.8 Å². The highest BCUT2D eigenvalue weighted by molar-refractivity contribution is 7.98. The highest BCUT2D eigenvalue weighted by Gasteiger charge is 2.12. The summed E-state index contributed by atoms with van der Waals surface area (Å²) >= 11 is 1.38. The smallest absolute Gasteiger partial charge is 0.269 e. The lowest BCUT2D eigenvalue weighted by Gasteiger charge is -2.11. The number of nitro benzene ring substituents is 1. The zero-order chi connectivity index (χ0) is 20.1. The van der Waals surface area contributed by atoms with Gasteiger partial charge in [-0.2, -0.15) is 4.98 Å². The maximum Gasteiger partial charge on any atom is 0.269 e. The molecule has 0 unspecified atom stereocenters. The van der Waals surface area contributed by atoms with E-state index in [1.807, 2.05) is 13.8 Å². The second-order valence-electron chi connectivity index (χ2n) is 6.31. The standard InChI is InChI=1S/C20H18FN3O3S/c1-13(2)17-11-19(27-18-6-4-3-5-16(18)21)23-20(22-17)28-12-14-7-9-15(10-8-14)24(25)26/h3-11,13H,12H2,1-2H3. The molecule has 0 fully saturated rings. The molecule has 0 atom stereocenters. The Labute approximate surface area is 165 Å². The van der Waals surface area contributed by atoms with Gasteiger partial charge in [-0.1, -0.05) is 49.9 Å². The zero-order valence-electron chi connectivity index (χ0n) is 15.3. The normalized spacial score (nSPS) is 10.9. The molecule has 3 rings (SSSR count). The number of rotatable bonds is 7. The van der Waals surface area contributed by atoms with E-state index in [0.717, 1.165) is 11.3 Å². The number of nitrogens with zero attached hydrogens (tertiary/aromatic N) is 3. The lowest BCUT2D eigenvalue weighted by atomic mass is 10.1. The molecule has 6 nitrogen and oxygen atoms in total. The molecule has 0 aliphatic heterocycles. The largest absolute Gasteiger partial charge is 0.436 e. The van der Waals surface area contributed by atoms with Crippen LogP contribution in [0, 0.1) is 15.9 Å². The molecule has 0 aliphatic carbocycles. The molecule has 0 amide bonds. The summed E-state index contributed by atoms with van der Waals surface area (Å²) in [6, 6.07) is 14.2. The molecule has 144 valence electrons. The predicted octanol–water partition coefficient (Wildman–Crippen LogP) is 5.73. The van der Waals surface area contributed by atoms with Crippen LogP contribution in [0.2, 0.25) is 0 Å². The van der Waals surface area contributed by atoms with Crippen molar-refractivity contribution >= 4 is 17.4 Å². The number of hydrogen-bond donors (Lipinski definition) is 0. The third-order valence-corrected chi connectivity index (χ3v) is 4.78. The maximum absolute atomic E-state index is 13.9. The van der Waals surface area contributed by atoms with Gasteiger partial charge in [0.05, 0.1) is 10.6 Å². The van der Waals surface area contributed by atoms with Crippen LogP contribution in [0.15, 0.2) is 59.8 Å². The number of hydrogen-bond acceptors (Lipinski definition) is 6. The van der Waals surface area contributed by atoms with E-state index in [4.69, 9.17) is 4.74 Å². The minimum absolute atomic E-state index is 0.0485. The molecule has 2 aromatic carbocycles. The van der Waals surface area contributed by atoms with Crippen molar-refractivity contribution in [2.75, 3.05) is 0 Å². The summed E-state index contributed by atoms with van der Waals surface area (Å²) in [5.41, 5.74) is 1.74. The zero-order valence-corrected chi connectivity index (χ0v) is 16.1. The molecule has 0 saturated carbocycles. The number of ether oxygens (including phenoxy) is 1. The first-order valence-electron chi connectivity index (χ1n) is 8.60. The molecule has 8 heteroatoms. The van der Waals surface area contributed by atoms with Crippen LogP contribution < -0.4 is 4.74 Å². The van der Waals surface area contributed by atoms with Gasteiger partial charge in [-0.25, -0.2) is 9.37 Å². The number of benzene rings is 2. The van der Waals surface area contributed by atoms with E-state index < -0.39 is 10.7 Å². The van der Waals surface area contributed by atoms with Gasteiger partial charge in [0.2, 0.25) is 5.88 Å². The minimum atomic E-state index is -0.465. The van der Waals surface area contributed by atoms with E-state index in [1.165, 1.54) is 36.0 Å². The summed E-state index contributed by atoms with van der Waals surface area (Å²) in [5.74, 6) is 0.591. The van der Waals surface area contributed by atoms with Crippen molar-refractivity contribution in [2.24, 2.45) is 0 Å². The number of halogens is 1. The second-order valence-corrected chi connectivity index (χ2v) is 7.26. The summed E-state index contributed by atoms with van der Waals surface area (Å²) in [6.07, 6.45) is 0. The van der Waals surface area contributed by atoms with Crippen molar-refractivity contribution in [2.45, 2.75) is 30.7 Å². The van der Waals surface area contributed by atoms with Crippen molar-refractivity contribution in [3.63, 3.8) is 0 Å². The van der Waals surface area contributed by atoms with Gasteiger partial charge >= 0.3 is 0 Å². The molecular formula is C20H18FN3O3S. The number of nitro groups is 1.